The molecule has 2 N–H and O–H groups in total. The van der Waals surface area contributed by atoms with E-state index in [4.69, 9.17) is 4.42 Å². The molecule has 0 saturated heterocycles. The molecule has 8 heteroatoms. The maximum atomic E-state index is 12.2. The Labute approximate surface area is 152 Å². The Kier molecular flexibility index (Phi) is 5.22. The second-order valence-corrected chi connectivity index (χ2v) is 6.49. The fourth-order valence-electron chi connectivity index (χ4n) is 2.59. The van der Waals surface area contributed by atoms with Crippen molar-refractivity contribution < 1.29 is 9.21 Å². The van der Waals surface area contributed by atoms with Crippen molar-refractivity contribution in [1.29, 1.82) is 0 Å². The van der Waals surface area contributed by atoms with Crippen LogP contribution < -0.4 is 16.5 Å². The lowest BCUT2D eigenvalue weighted by atomic mass is 10.1. The number of benzene rings is 1. The Morgan fingerprint density at radius 1 is 1.27 bits per heavy atom. The van der Waals surface area contributed by atoms with E-state index >= 15 is 0 Å². The van der Waals surface area contributed by atoms with Crippen LogP contribution in [0.5, 0.6) is 0 Å². The maximum Gasteiger partial charge on any atom is 0.336 e. The van der Waals surface area contributed by atoms with Gasteiger partial charge in [-0.25, -0.2) is 9.78 Å². The summed E-state index contributed by atoms with van der Waals surface area (Å²) in [6.07, 6.45) is 2.29. The van der Waals surface area contributed by atoms with E-state index in [1.165, 1.54) is 17.8 Å². The number of nitrogens with one attached hydrogen (secondary N) is 2. The Bertz CT molecular complexity index is 1090. The zero-order valence-corrected chi connectivity index (χ0v) is 15.1. The third kappa shape index (κ3) is 4.02. The van der Waals surface area contributed by atoms with E-state index in [-0.39, 0.29) is 17.9 Å². The molecule has 7 nitrogen and oxygen atoms in total. The van der Waals surface area contributed by atoms with E-state index in [9.17, 15) is 14.4 Å². The van der Waals surface area contributed by atoms with Crippen LogP contribution in [0.25, 0.3) is 11.0 Å². The standard InChI is InChI=1S/C18H17N3O4S/c1-10-13(17(24)21-18(19-10)26-2)5-7-15(22)20-12-4-6-14-11(9-12)3-8-16(23)25-14/h3-4,6,8-9H,5,7H2,1-2H3,(H,20,22)(H,19,21,24). The molecule has 0 radical (unpaired) electrons. The molecule has 3 rings (SSSR count). The number of anilines is 1. The molecule has 0 saturated carbocycles. The van der Waals surface area contributed by atoms with Crippen LogP contribution >= 0.6 is 11.8 Å². The lowest BCUT2D eigenvalue weighted by Crippen LogP contribution is -2.20. The number of amides is 1. The van der Waals surface area contributed by atoms with Gasteiger partial charge >= 0.3 is 5.63 Å². The Hall–Kier alpha value is -2.87. The van der Waals surface area contributed by atoms with Crippen molar-refractivity contribution in [2.45, 2.75) is 24.9 Å². The third-order valence-electron chi connectivity index (χ3n) is 3.90. The second kappa shape index (κ2) is 7.57. The van der Waals surface area contributed by atoms with Gasteiger partial charge in [-0.3, -0.25) is 9.59 Å². The number of nitrogens with zero attached hydrogens (tertiary/aromatic N) is 1. The highest BCUT2D eigenvalue weighted by molar-refractivity contribution is 7.98. The van der Waals surface area contributed by atoms with E-state index in [2.05, 4.69) is 15.3 Å². The molecule has 0 bridgehead atoms. The normalized spacial score (nSPS) is 10.8. The van der Waals surface area contributed by atoms with Gasteiger partial charge in [-0.05, 0) is 43.9 Å². The van der Waals surface area contributed by atoms with E-state index < -0.39 is 5.63 Å². The van der Waals surface area contributed by atoms with Gasteiger partial charge in [0.2, 0.25) is 5.91 Å². The number of thioether (sulfide) groups is 1. The van der Waals surface area contributed by atoms with E-state index in [0.717, 1.165) is 0 Å². The molecule has 0 aliphatic carbocycles. The topological polar surface area (TPSA) is 105 Å². The van der Waals surface area contributed by atoms with Gasteiger partial charge in [0.25, 0.3) is 5.56 Å². The Morgan fingerprint density at radius 3 is 2.81 bits per heavy atom. The minimum Gasteiger partial charge on any atom is -0.423 e. The van der Waals surface area contributed by atoms with Gasteiger partial charge in [0.05, 0.1) is 0 Å². The van der Waals surface area contributed by atoms with E-state index in [1.807, 2.05) is 6.26 Å². The van der Waals surface area contributed by atoms with Crippen LogP contribution in [0.1, 0.15) is 17.7 Å². The number of aromatic amines is 1. The van der Waals surface area contributed by atoms with Crippen molar-refractivity contribution in [3.05, 3.63) is 62.4 Å². The first kappa shape index (κ1) is 17.9. The largest absolute Gasteiger partial charge is 0.423 e. The fourth-order valence-corrected chi connectivity index (χ4v) is 3.01. The highest BCUT2D eigenvalue weighted by Crippen LogP contribution is 2.18. The summed E-state index contributed by atoms with van der Waals surface area (Å²) in [5, 5.41) is 4.06. The quantitative estimate of drug-likeness (QED) is 0.405. The molecule has 1 amide bonds. The van der Waals surface area contributed by atoms with Crippen LogP contribution in [0.2, 0.25) is 0 Å². The number of hydrogen-bond donors (Lipinski definition) is 2. The Morgan fingerprint density at radius 2 is 2.08 bits per heavy atom. The molecule has 1 aromatic carbocycles. The van der Waals surface area contributed by atoms with Crippen LogP contribution in [0.15, 0.2) is 49.5 Å². The molecule has 134 valence electrons. The molecule has 0 atom stereocenters. The molecule has 0 spiro atoms. The van der Waals surface area contributed by atoms with E-state index in [0.29, 0.717) is 39.5 Å². The molecular weight excluding hydrogens is 354 g/mol. The molecule has 0 aliphatic rings. The van der Waals surface area contributed by atoms with Crippen molar-refractivity contribution in [1.82, 2.24) is 9.97 Å². The summed E-state index contributed by atoms with van der Waals surface area (Å²) < 4.78 is 5.06. The summed E-state index contributed by atoms with van der Waals surface area (Å²) in [5.74, 6) is -0.213. The average molecular weight is 371 g/mol. The monoisotopic (exact) mass is 371 g/mol. The van der Waals surface area contributed by atoms with Crippen LogP contribution in [0, 0.1) is 6.92 Å². The van der Waals surface area contributed by atoms with Crippen LogP contribution in [0.4, 0.5) is 5.69 Å². The van der Waals surface area contributed by atoms with Gasteiger partial charge in [-0.1, -0.05) is 11.8 Å². The summed E-state index contributed by atoms with van der Waals surface area (Å²) >= 11 is 1.36. The lowest BCUT2D eigenvalue weighted by Gasteiger charge is -2.08. The van der Waals surface area contributed by atoms with Crippen molar-refractivity contribution in [3.8, 4) is 0 Å². The van der Waals surface area contributed by atoms with Crippen LogP contribution in [0.3, 0.4) is 0 Å². The predicted octanol–water partition coefficient (Wildman–Crippen LogP) is 2.48. The lowest BCUT2D eigenvalue weighted by molar-refractivity contribution is -0.116. The highest BCUT2D eigenvalue weighted by atomic mass is 32.2. The van der Waals surface area contributed by atoms with Gasteiger partial charge < -0.3 is 14.7 Å². The van der Waals surface area contributed by atoms with Crippen molar-refractivity contribution in [2.24, 2.45) is 0 Å². The van der Waals surface area contributed by atoms with Crippen LogP contribution in [-0.4, -0.2) is 22.1 Å². The minimum absolute atomic E-state index is 0.159. The van der Waals surface area contributed by atoms with Gasteiger partial charge in [-0.15, -0.1) is 0 Å². The van der Waals surface area contributed by atoms with Gasteiger partial charge in [0, 0.05) is 34.8 Å². The molecule has 0 unspecified atom stereocenters. The van der Waals surface area contributed by atoms with E-state index in [1.54, 1.807) is 31.2 Å². The molecule has 2 heterocycles. The third-order valence-corrected chi connectivity index (χ3v) is 4.48. The molecule has 26 heavy (non-hydrogen) atoms. The van der Waals surface area contributed by atoms with Crippen molar-refractivity contribution >= 4 is 34.3 Å². The predicted molar refractivity (Wildman–Crippen MR) is 101 cm³/mol. The smallest absolute Gasteiger partial charge is 0.336 e. The number of aryl methyl sites for hydroxylation is 1. The maximum absolute atomic E-state index is 12.2. The summed E-state index contributed by atoms with van der Waals surface area (Å²) in [6.45, 7) is 1.76. The van der Waals surface area contributed by atoms with Gasteiger partial charge in [-0.2, -0.15) is 0 Å². The molecular formula is C18H17N3O4S. The highest BCUT2D eigenvalue weighted by Gasteiger charge is 2.11. The summed E-state index contributed by atoms with van der Waals surface area (Å²) in [6, 6.07) is 7.98. The molecule has 2 aromatic heterocycles. The summed E-state index contributed by atoms with van der Waals surface area (Å²) in [5.41, 5.74) is 1.56. The number of H-pyrrole nitrogens is 1. The SMILES string of the molecule is CSc1nc(C)c(CCC(=O)Nc2ccc3oc(=O)ccc3c2)c(=O)[nH]1. The first-order valence-corrected chi connectivity index (χ1v) is 9.16. The number of fused-ring (bicyclic) bond motifs is 1. The second-order valence-electron chi connectivity index (χ2n) is 5.69. The Balaban J connectivity index is 1.69. The van der Waals surface area contributed by atoms with Gasteiger partial charge in [0.15, 0.2) is 5.16 Å². The number of hydrogen-bond acceptors (Lipinski definition) is 6. The van der Waals surface area contributed by atoms with Gasteiger partial charge in [0.1, 0.15) is 5.58 Å². The fraction of sp³-hybridized carbons (Fsp3) is 0.222. The van der Waals surface area contributed by atoms with Crippen molar-refractivity contribution in [3.63, 3.8) is 0 Å². The number of aromatic nitrogens is 2. The zero-order valence-electron chi connectivity index (χ0n) is 14.3. The molecule has 0 fully saturated rings. The molecule has 3 aromatic rings. The average Bonchev–Trinajstić information content (AvgIpc) is 2.61. The zero-order chi connectivity index (χ0) is 18.7. The summed E-state index contributed by atoms with van der Waals surface area (Å²) in [4.78, 5) is 42.5. The molecule has 0 aliphatic heterocycles. The first-order chi connectivity index (χ1) is 12.5. The minimum atomic E-state index is -0.420. The van der Waals surface area contributed by atoms with Crippen LogP contribution in [-0.2, 0) is 11.2 Å². The number of rotatable bonds is 5. The van der Waals surface area contributed by atoms with Crippen molar-refractivity contribution in [2.75, 3.05) is 11.6 Å². The number of carbonyl (C=O) groups excluding carboxylic acids is 1. The first-order valence-electron chi connectivity index (χ1n) is 7.94. The number of carbonyl (C=O) groups is 1. The summed E-state index contributed by atoms with van der Waals surface area (Å²) in [7, 11) is 0.